The first-order valence-corrected chi connectivity index (χ1v) is 16.0. The molecule has 0 saturated heterocycles. The van der Waals surface area contributed by atoms with Crippen molar-refractivity contribution in [1.29, 1.82) is 0 Å². The van der Waals surface area contributed by atoms with Gasteiger partial charge in [0.25, 0.3) is 0 Å². The quantitative estimate of drug-likeness (QED) is 0.114. The normalized spacial score (nSPS) is 14.1. The summed E-state index contributed by atoms with van der Waals surface area (Å²) in [5.41, 5.74) is -3.66. The number of carbonyl (C=O) groups is 2. The maximum Gasteiger partial charge on any atom is 0.408 e. The minimum absolute atomic E-state index is 0.00780. The van der Waals surface area contributed by atoms with Crippen LogP contribution in [0.2, 0.25) is 0 Å². The van der Waals surface area contributed by atoms with E-state index in [1.165, 1.54) is 19.1 Å². The lowest BCUT2D eigenvalue weighted by Crippen LogP contribution is -2.48. The summed E-state index contributed by atoms with van der Waals surface area (Å²) < 4.78 is 57.8. The van der Waals surface area contributed by atoms with Crippen molar-refractivity contribution in [1.82, 2.24) is 10.6 Å². The summed E-state index contributed by atoms with van der Waals surface area (Å²) >= 11 is 0. The molecule has 2 amide bonds. The average Bonchev–Trinajstić information content (AvgIpc) is 3.02. The van der Waals surface area contributed by atoms with Gasteiger partial charge in [0, 0.05) is 18.5 Å². The van der Waals surface area contributed by atoms with Gasteiger partial charge in [0.1, 0.15) is 18.4 Å². The van der Waals surface area contributed by atoms with Crippen LogP contribution in [0.4, 0.5) is 13.6 Å². The monoisotopic (exact) mass is 632 g/mol. The molecule has 3 aromatic carbocycles. The molecule has 12 heteroatoms. The molecule has 3 atom stereocenters. The third-order valence-electron chi connectivity index (χ3n) is 6.70. The highest BCUT2D eigenvalue weighted by Crippen LogP contribution is 2.63. The summed E-state index contributed by atoms with van der Waals surface area (Å²) in [6.45, 7) is 3.86. The van der Waals surface area contributed by atoms with Crippen LogP contribution in [0, 0.1) is 0 Å². The van der Waals surface area contributed by atoms with E-state index in [2.05, 4.69) is 10.6 Å². The number of nitrogens with one attached hydrogen (secondary N) is 2. The Morgan fingerprint density at radius 2 is 1.57 bits per heavy atom. The molecule has 0 bridgehead atoms. The molecule has 0 aliphatic rings. The van der Waals surface area contributed by atoms with Gasteiger partial charge in [-0.3, -0.25) is 9.36 Å². The zero-order valence-corrected chi connectivity index (χ0v) is 25.7. The van der Waals surface area contributed by atoms with Crippen molar-refractivity contribution in [3.05, 3.63) is 102 Å². The molecule has 0 spiro atoms. The van der Waals surface area contributed by atoms with Gasteiger partial charge in [-0.25, -0.2) is 4.79 Å². The topological polar surface area (TPSA) is 123 Å². The van der Waals surface area contributed by atoms with Gasteiger partial charge in [0.15, 0.2) is 0 Å². The first kappa shape index (κ1) is 34.7. The first-order chi connectivity index (χ1) is 21.0. The number of carbonyl (C=O) groups excluding carboxylic acids is 2. The highest BCUT2D eigenvalue weighted by atomic mass is 31.2. The molecule has 3 aromatic rings. The van der Waals surface area contributed by atoms with E-state index in [-0.39, 0.29) is 19.4 Å². The number of unbranched alkanes of at least 4 members (excludes halogenated alkanes) is 1. The molecule has 0 heterocycles. The predicted octanol–water partition coefficient (Wildman–Crippen LogP) is 6.55. The van der Waals surface area contributed by atoms with E-state index in [0.717, 1.165) is 23.4 Å². The van der Waals surface area contributed by atoms with Gasteiger partial charge < -0.3 is 29.5 Å². The van der Waals surface area contributed by atoms with Crippen LogP contribution >= 0.6 is 7.60 Å². The molecule has 0 fully saturated rings. The average molecular weight is 633 g/mol. The van der Waals surface area contributed by atoms with Crippen molar-refractivity contribution in [2.24, 2.45) is 0 Å². The second kappa shape index (κ2) is 16.9. The fourth-order valence-electron chi connectivity index (χ4n) is 4.01. The van der Waals surface area contributed by atoms with Gasteiger partial charge in [0.05, 0.1) is 12.7 Å². The standard InChI is InChI=1S/C32H39F2N2O7P/c1-3-24(2)43-44(39,40)32(33,34)27-18-16-25(17-19-27)22-29(36-31(38)42-23-26-12-6-4-7-13-26)30(37)35-20-10-11-21-41-28-14-8-5-9-15-28/h4-9,12-19,24,29H,3,10-11,20-23H2,1-2H3,(H,35,37)(H,36,38)(H,39,40). The van der Waals surface area contributed by atoms with Gasteiger partial charge in [0.2, 0.25) is 5.91 Å². The number of benzene rings is 3. The number of alkyl carbamates (subject to hydrolysis) is 1. The molecule has 3 unspecified atom stereocenters. The van der Waals surface area contributed by atoms with Crippen LogP contribution < -0.4 is 15.4 Å². The number of ether oxygens (including phenoxy) is 2. The number of hydrogen-bond acceptors (Lipinski definition) is 6. The number of halogens is 2. The number of para-hydroxylation sites is 1. The van der Waals surface area contributed by atoms with Crippen LogP contribution in [0.5, 0.6) is 5.75 Å². The molecule has 44 heavy (non-hydrogen) atoms. The fraction of sp³-hybridized carbons (Fsp3) is 0.375. The van der Waals surface area contributed by atoms with Crippen LogP contribution in [0.25, 0.3) is 0 Å². The molecular weight excluding hydrogens is 593 g/mol. The molecule has 0 radical (unpaired) electrons. The Balaban J connectivity index is 1.62. The Labute approximate surface area is 256 Å². The highest BCUT2D eigenvalue weighted by molar-refractivity contribution is 7.53. The van der Waals surface area contributed by atoms with E-state index < -0.39 is 43.0 Å². The van der Waals surface area contributed by atoms with Gasteiger partial charge in [-0.2, -0.15) is 8.78 Å². The van der Waals surface area contributed by atoms with E-state index in [1.807, 2.05) is 36.4 Å². The van der Waals surface area contributed by atoms with Crippen molar-refractivity contribution < 1.29 is 41.8 Å². The van der Waals surface area contributed by atoms with Crippen molar-refractivity contribution >= 4 is 19.6 Å². The molecular formula is C32H39F2N2O7P. The molecule has 0 aliphatic heterocycles. The summed E-state index contributed by atoms with van der Waals surface area (Å²) in [5.74, 6) is 0.269. The van der Waals surface area contributed by atoms with E-state index in [1.54, 1.807) is 31.2 Å². The molecule has 0 aliphatic carbocycles. The lowest BCUT2D eigenvalue weighted by Gasteiger charge is -2.25. The predicted molar refractivity (Wildman–Crippen MR) is 162 cm³/mol. The minimum atomic E-state index is -5.32. The molecule has 0 aromatic heterocycles. The first-order valence-electron chi connectivity index (χ1n) is 14.4. The summed E-state index contributed by atoms with van der Waals surface area (Å²) in [4.78, 5) is 35.6. The zero-order chi connectivity index (χ0) is 32.0. The van der Waals surface area contributed by atoms with E-state index in [0.29, 0.717) is 31.6 Å². The Kier molecular flexibility index (Phi) is 13.3. The SMILES string of the molecule is CCC(C)OP(=O)(O)C(F)(F)c1ccc(CC(NC(=O)OCc2ccccc2)C(=O)NCCCCOc2ccccc2)cc1. The molecule has 238 valence electrons. The number of hydrogen-bond donors (Lipinski definition) is 3. The maximum absolute atomic E-state index is 14.9. The van der Waals surface area contributed by atoms with E-state index in [9.17, 15) is 27.8 Å². The molecule has 3 N–H and O–H groups in total. The third kappa shape index (κ3) is 10.7. The summed E-state index contributed by atoms with van der Waals surface area (Å²) in [7, 11) is -5.32. The smallest absolute Gasteiger partial charge is 0.408 e. The summed E-state index contributed by atoms with van der Waals surface area (Å²) in [6, 6.07) is 21.9. The highest BCUT2D eigenvalue weighted by Gasteiger charge is 2.53. The summed E-state index contributed by atoms with van der Waals surface area (Å²) in [5, 5.41) is 5.34. The Morgan fingerprint density at radius 1 is 0.932 bits per heavy atom. The Bertz CT molecular complexity index is 1360. The van der Waals surface area contributed by atoms with Crippen LogP contribution in [-0.2, 0) is 37.3 Å². The lowest BCUT2D eigenvalue weighted by atomic mass is 10.0. The number of rotatable bonds is 17. The second-order valence-corrected chi connectivity index (χ2v) is 12.0. The van der Waals surface area contributed by atoms with Crippen molar-refractivity contribution in [2.75, 3.05) is 13.2 Å². The molecule has 0 saturated carbocycles. The van der Waals surface area contributed by atoms with Crippen LogP contribution in [0.1, 0.15) is 49.8 Å². The Morgan fingerprint density at radius 3 is 2.20 bits per heavy atom. The number of amides is 2. The lowest BCUT2D eigenvalue weighted by molar-refractivity contribution is -0.123. The maximum atomic E-state index is 14.9. The van der Waals surface area contributed by atoms with Crippen LogP contribution in [0.3, 0.4) is 0 Å². The van der Waals surface area contributed by atoms with Gasteiger partial charge >= 0.3 is 19.4 Å². The van der Waals surface area contributed by atoms with Gasteiger partial charge in [-0.15, -0.1) is 0 Å². The third-order valence-corrected chi connectivity index (χ3v) is 8.31. The van der Waals surface area contributed by atoms with Gasteiger partial charge in [-0.05, 0) is 49.4 Å². The summed E-state index contributed by atoms with van der Waals surface area (Å²) in [6.07, 6.45) is -0.123. The largest absolute Gasteiger partial charge is 0.494 e. The molecule has 3 rings (SSSR count). The second-order valence-electron chi connectivity index (χ2n) is 10.2. The Hall–Kier alpha value is -3.79. The van der Waals surface area contributed by atoms with E-state index in [4.69, 9.17) is 14.0 Å². The van der Waals surface area contributed by atoms with Crippen LogP contribution in [0.15, 0.2) is 84.9 Å². The molecule has 9 nitrogen and oxygen atoms in total. The van der Waals surface area contributed by atoms with Crippen LogP contribution in [-0.4, -0.2) is 42.2 Å². The van der Waals surface area contributed by atoms with Gasteiger partial charge in [-0.1, -0.05) is 79.7 Å². The fourth-order valence-corrected chi connectivity index (χ4v) is 5.25. The van der Waals surface area contributed by atoms with Crippen molar-refractivity contribution in [3.8, 4) is 5.75 Å². The number of alkyl halides is 2. The minimum Gasteiger partial charge on any atom is -0.494 e. The van der Waals surface area contributed by atoms with E-state index >= 15 is 0 Å². The van der Waals surface area contributed by atoms with Crippen molar-refractivity contribution in [3.63, 3.8) is 0 Å². The zero-order valence-electron chi connectivity index (χ0n) is 24.8. The van der Waals surface area contributed by atoms with Crippen molar-refractivity contribution in [2.45, 2.75) is 63.9 Å².